The summed E-state index contributed by atoms with van der Waals surface area (Å²) >= 11 is 1.33. The maximum Gasteiger partial charge on any atom is 0.240 e. The van der Waals surface area contributed by atoms with E-state index in [0.29, 0.717) is 10.7 Å². The molecule has 0 aliphatic rings. The zero-order chi connectivity index (χ0) is 17.2. The largest absolute Gasteiger partial charge is 0.508 e. The zero-order valence-electron chi connectivity index (χ0n) is 12.3. The van der Waals surface area contributed by atoms with Crippen molar-refractivity contribution in [2.24, 2.45) is 0 Å². The summed E-state index contributed by atoms with van der Waals surface area (Å²) in [6.07, 6.45) is 0. The van der Waals surface area contributed by atoms with Gasteiger partial charge in [-0.05, 0) is 48.5 Å². The number of thiazole rings is 1. The average Bonchev–Trinajstić information content (AvgIpc) is 3.03. The van der Waals surface area contributed by atoms with E-state index < -0.39 is 15.8 Å². The number of sulfonamides is 1. The van der Waals surface area contributed by atoms with Crippen molar-refractivity contribution in [2.75, 3.05) is 0 Å². The second kappa shape index (κ2) is 6.68. The van der Waals surface area contributed by atoms with E-state index in [0.717, 1.165) is 17.7 Å². The van der Waals surface area contributed by atoms with E-state index in [1.54, 1.807) is 24.3 Å². The first-order chi connectivity index (χ1) is 11.4. The average molecular weight is 364 g/mol. The highest BCUT2D eigenvalue weighted by molar-refractivity contribution is 7.89. The minimum Gasteiger partial charge on any atom is -0.508 e. The molecule has 0 atom stereocenters. The van der Waals surface area contributed by atoms with Crippen LogP contribution in [0.25, 0.3) is 11.3 Å². The molecule has 0 spiro atoms. The van der Waals surface area contributed by atoms with Gasteiger partial charge in [0.2, 0.25) is 10.0 Å². The van der Waals surface area contributed by atoms with Gasteiger partial charge in [-0.25, -0.2) is 22.5 Å². The molecule has 1 aromatic heterocycles. The highest BCUT2D eigenvalue weighted by Crippen LogP contribution is 2.24. The molecule has 5 nitrogen and oxygen atoms in total. The van der Waals surface area contributed by atoms with Crippen molar-refractivity contribution in [3.8, 4) is 17.0 Å². The fraction of sp³-hybridized carbons (Fsp3) is 0.0625. The molecule has 2 N–H and O–H groups in total. The second-order valence-electron chi connectivity index (χ2n) is 4.95. The number of halogens is 1. The van der Waals surface area contributed by atoms with Crippen LogP contribution in [0.5, 0.6) is 5.75 Å². The lowest BCUT2D eigenvalue weighted by atomic mass is 10.2. The van der Waals surface area contributed by atoms with Crippen molar-refractivity contribution in [2.45, 2.75) is 11.4 Å². The molecule has 0 bridgehead atoms. The van der Waals surface area contributed by atoms with Crippen LogP contribution in [0.1, 0.15) is 5.01 Å². The van der Waals surface area contributed by atoms with Gasteiger partial charge in [-0.3, -0.25) is 0 Å². The van der Waals surface area contributed by atoms with Crippen molar-refractivity contribution in [3.63, 3.8) is 0 Å². The predicted octanol–water partition coefficient (Wildman–Crippen LogP) is 3.13. The van der Waals surface area contributed by atoms with E-state index in [4.69, 9.17) is 0 Å². The summed E-state index contributed by atoms with van der Waals surface area (Å²) in [5, 5.41) is 11.7. The lowest BCUT2D eigenvalue weighted by molar-refractivity contribution is 0.475. The predicted molar refractivity (Wildman–Crippen MR) is 89.6 cm³/mol. The summed E-state index contributed by atoms with van der Waals surface area (Å²) in [6.45, 7) is 0.0441. The van der Waals surface area contributed by atoms with Gasteiger partial charge in [-0.2, -0.15) is 0 Å². The van der Waals surface area contributed by atoms with Crippen molar-refractivity contribution < 1.29 is 17.9 Å². The third-order valence-corrected chi connectivity index (χ3v) is 5.52. The van der Waals surface area contributed by atoms with Crippen LogP contribution in [0.3, 0.4) is 0 Å². The fourth-order valence-corrected chi connectivity index (χ4v) is 3.83. The van der Waals surface area contributed by atoms with Crippen LogP contribution >= 0.6 is 11.3 Å². The van der Waals surface area contributed by atoms with Crippen molar-refractivity contribution in [3.05, 3.63) is 64.7 Å². The van der Waals surface area contributed by atoms with Gasteiger partial charge in [0, 0.05) is 10.9 Å². The van der Waals surface area contributed by atoms with Crippen LogP contribution in [-0.2, 0) is 16.6 Å². The van der Waals surface area contributed by atoms with Crippen molar-refractivity contribution >= 4 is 21.4 Å². The molecule has 0 saturated carbocycles. The summed E-state index contributed by atoms with van der Waals surface area (Å²) in [5.74, 6) is -0.325. The Kier molecular flexibility index (Phi) is 4.61. The standard InChI is InChI=1S/C16H13FN2O3S2/c17-12-3-7-14(8-4-12)24(21,22)18-9-16-19-15(10-23-16)11-1-5-13(20)6-2-11/h1-8,10,18,20H,9H2. The normalized spacial score (nSPS) is 11.5. The molecule has 2 aromatic carbocycles. The quantitative estimate of drug-likeness (QED) is 0.729. The Hall–Kier alpha value is -2.29. The molecule has 0 amide bonds. The minimum atomic E-state index is -3.72. The molecule has 0 aliphatic carbocycles. The molecule has 0 aliphatic heterocycles. The van der Waals surface area contributed by atoms with Crippen LogP contribution in [0.2, 0.25) is 0 Å². The van der Waals surface area contributed by atoms with Gasteiger partial charge in [0.25, 0.3) is 0 Å². The molecular weight excluding hydrogens is 351 g/mol. The van der Waals surface area contributed by atoms with Gasteiger partial charge in [0.15, 0.2) is 0 Å². The number of nitrogens with zero attached hydrogens (tertiary/aromatic N) is 1. The molecule has 3 rings (SSSR count). The van der Waals surface area contributed by atoms with E-state index in [2.05, 4.69) is 9.71 Å². The van der Waals surface area contributed by atoms with Crippen molar-refractivity contribution in [1.82, 2.24) is 9.71 Å². The number of rotatable bonds is 5. The highest BCUT2D eigenvalue weighted by atomic mass is 32.2. The molecule has 24 heavy (non-hydrogen) atoms. The fourth-order valence-electron chi connectivity index (χ4n) is 2.01. The molecule has 3 aromatic rings. The summed E-state index contributed by atoms with van der Waals surface area (Å²) in [7, 11) is -3.72. The Morgan fingerprint density at radius 3 is 2.42 bits per heavy atom. The maximum absolute atomic E-state index is 12.9. The highest BCUT2D eigenvalue weighted by Gasteiger charge is 2.15. The van der Waals surface area contributed by atoms with Gasteiger partial charge < -0.3 is 5.11 Å². The Balaban J connectivity index is 1.71. The molecule has 0 fully saturated rings. The van der Waals surface area contributed by atoms with Gasteiger partial charge in [-0.15, -0.1) is 11.3 Å². The molecule has 1 heterocycles. The molecule has 0 saturated heterocycles. The maximum atomic E-state index is 12.9. The number of phenols is 1. The van der Waals surface area contributed by atoms with Crippen LogP contribution in [0.15, 0.2) is 58.8 Å². The van der Waals surface area contributed by atoms with E-state index >= 15 is 0 Å². The molecule has 8 heteroatoms. The lowest BCUT2D eigenvalue weighted by Gasteiger charge is -2.05. The Morgan fingerprint density at radius 1 is 1.08 bits per heavy atom. The van der Waals surface area contributed by atoms with Gasteiger partial charge in [0.1, 0.15) is 16.6 Å². The number of nitrogens with one attached hydrogen (secondary N) is 1. The van der Waals surface area contributed by atoms with Crippen LogP contribution in [-0.4, -0.2) is 18.5 Å². The summed E-state index contributed by atoms with van der Waals surface area (Å²) in [4.78, 5) is 4.37. The Morgan fingerprint density at radius 2 is 1.75 bits per heavy atom. The van der Waals surface area contributed by atoms with E-state index in [-0.39, 0.29) is 17.2 Å². The molecule has 0 radical (unpaired) electrons. The number of hydrogen-bond acceptors (Lipinski definition) is 5. The second-order valence-corrected chi connectivity index (χ2v) is 7.66. The SMILES string of the molecule is O=S(=O)(NCc1nc(-c2ccc(O)cc2)cs1)c1ccc(F)cc1. The number of aromatic hydroxyl groups is 1. The Labute approximate surface area is 142 Å². The third-order valence-electron chi connectivity index (χ3n) is 3.25. The number of aromatic nitrogens is 1. The topological polar surface area (TPSA) is 79.3 Å². The summed E-state index contributed by atoms with van der Waals surface area (Å²) < 4.78 is 39.6. The van der Waals surface area contributed by atoms with E-state index in [1.807, 2.05) is 5.38 Å². The van der Waals surface area contributed by atoms with E-state index in [9.17, 15) is 17.9 Å². The number of benzene rings is 2. The van der Waals surface area contributed by atoms with Gasteiger partial charge >= 0.3 is 0 Å². The molecule has 124 valence electrons. The number of phenolic OH excluding ortho intramolecular Hbond substituents is 1. The smallest absolute Gasteiger partial charge is 0.240 e. The zero-order valence-corrected chi connectivity index (χ0v) is 13.9. The first kappa shape index (κ1) is 16.6. The van der Waals surface area contributed by atoms with E-state index in [1.165, 1.54) is 23.5 Å². The number of hydrogen-bond donors (Lipinski definition) is 2. The van der Waals surface area contributed by atoms with Gasteiger partial charge in [-0.1, -0.05) is 0 Å². The monoisotopic (exact) mass is 364 g/mol. The summed E-state index contributed by atoms with van der Waals surface area (Å²) in [5.41, 5.74) is 1.53. The summed E-state index contributed by atoms with van der Waals surface area (Å²) in [6, 6.07) is 11.2. The minimum absolute atomic E-state index is 0.000728. The lowest BCUT2D eigenvalue weighted by Crippen LogP contribution is -2.23. The van der Waals surface area contributed by atoms with Crippen LogP contribution in [0, 0.1) is 5.82 Å². The van der Waals surface area contributed by atoms with Crippen LogP contribution in [0.4, 0.5) is 4.39 Å². The molecular formula is C16H13FN2O3S2. The van der Waals surface area contributed by atoms with Gasteiger partial charge in [0.05, 0.1) is 17.1 Å². The first-order valence-electron chi connectivity index (χ1n) is 6.93. The van der Waals surface area contributed by atoms with Crippen LogP contribution < -0.4 is 4.72 Å². The Bertz CT molecular complexity index is 936. The molecule has 0 unspecified atom stereocenters. The first-order valence-corrected chi connectivity index (χ1v) is 9.29. The van der Waals surface area contributed by atoms with Crippen molar-refractivity contribution in [1.29, 1.82) is 0 Å². The third kappa shape index (κ3) is 3.78.